The second kappa shape index (κ2) is 4.29. The largest absolute Gasteiger partial charge is 0.252 e. The Labute approximate surface area is 98.0 Å². The number of aromatic nitrogens is 2. The molecule has 0 aliphatic carbocycles. The van der Waals surface area contributed by atoms with Crippen molar-refractivity contribution < 1.29 is 0 Å². The summed E-state index contributed by atoms with van der Waals surface area (Å²) < 4.78 is 0. The molecule has 0 atom stereocenters. The topological polar surface area (TPSA) is 25.8 Å². The van der Waals surface area contributed by atoms with Gasteiger partial charge in [0.1, 0.15) is 5.01 Å². The highest BCUT2D eigenvalue weighted by atomic mass is 35.5. The van der Waals surface area contributed by atoms with Crippen molar-refractivity contribution in [1.29, 1.82) is 0 Å². The van der Waals surface area contributed by atoms with Crippen molar-refractivity contribution >= 4 is 22.9 Å². The molecule has 0 aliphatic rings. The molecule has 2 rings (SSSR count). The van der Waals surface area contributed by atoms with Gasteiger partial charge in [-0.3, -0.25) is 4.98 Å². The summed E-state index contributed by atoms with van der Waals surface area (Å²) in [6.07, 6.45) is 1.65. The molecule has 0 saturated carbocycles. The minimum absolute atomic E-state index is 0.460. The fourth-order valence-electron chi connectivity index (χ4n) is 1.17. The van der Waals surface area contributed by atoms with Crippen LogP contribution in [0.4, 0.5) is 0 Å². The van der Waals surface area contributed by atoms with Crippen molar-refractivity contribution in [3.05, 3.63) is 34.4 Å². The summed E-state index contributed by atoms with van der Waals surface area (Å²) in [6.45, 7) is 4.27. The normalized spacial score (nSPS) is 10.9. The van der Waals surface area contributed by atoms with Crippen LogP contribution in [0.25, 0.3) is 10.7 Å². The molecular formula is C11H11ClN2S. The van der Waals surface area contributed by atoms with Crippen LogP contribution in [0.1, 0.15) is 25.5 Å². The van der Waals surface area contributed by atoms with Crippen molar-refractivity contribution in [3.63, 3.8) is 0 Å². The van der Waals surface area contributed by atoms with E-state index in [4.69, 9.17) is 11.6 Å². The van der Waals surface area contributed by atoms with Gasteiger partial charge in [-0.05, 0) is 18.1 Å². The summed E-state index contributed by atoms with van der Waals surface area (Å²) in [6, 6.07) is 3.73. The first kappa shape index (κ1) is 10.6. The summed E-state index contributed by atoms with van der Waals surface area (Å²) in [4.78, 5) is 8.76. The molecule has 0 spiro atoms. The van der Waals surface area contributed by atoms with Gasteiger partial charge < -0.3 is 0 Å². The quantitative estimate of drug-likeness (QED) is 0.791. The molecule has 0 saturated heterocycles. The lowest BCUT2D eigenvalue weighted by Crippen LogP contribution is -1.87. The number of rotatable bonds is 2. The Kier molecular flexibility index (Phi) is 3.03. The maximum absolute atomic E-state index is 5.78. The Morgan fingerprint density at radius 3 is 2.67 bits per heavy atom. The van der Waals surface area contributed by atoms with Crippen LogP contribution in [-0.4, -0.2) is 9.97 Å². The van der Waals surface area contributed by atoms with Crippen molar-refractivity contribution in [2.75, 3.05) is 0 Å². The van der Waals surface area contributed by atoms with E-state index in [9.17, 15) is 0 Å². The third-order valence-corrected chi connectivity index (χ3v) is 3.17. The van der Waals surface area contributed by atoms with E-state index in [1.165, 1.54) is 0 Å². The molecule has 0 aromatic carbocycles. The maximum Gasteiger partial charge on any atom is 0.142 e. The van der Waals surface area contributed by atoms with Gasteiger partial charge in [0.05, 0.1) is 16.4 Å². The molecule has 0 bridgehead atoms. The lowest BCUT2D eigenvalue weighted by atomic mass is 10.2. The lowest BCUT2D eigenvalue weighted by Gasteiger charge is -1.97. The van der Waals surface area contributed by atoms with Crippen molar-refractivity contribution in [2.45, 2.75) is 19.8 Å². The van der Waals surface area contributed by atoms with Gasteiger partial charge in [0, 0.05) is 11.6 Å². The van der Waals surface area contributed by atoms with Crippen molar-refractivity contribution in [1.82, 2.24) is 9.97 Å². The van der Waals surface area contributed by atoms with Gasteiger partial charge in [-0.15, -0.1) is 11.3 Å². The average Bonchev–Trinajstić information content (AvgIpc) is 2.68. The van der Waals surface area contributed by atoms with Gasteiger partial charge in [-0.2, -0.15) is 0 Å². The highest BCUT2D eigenvalue weighted by Crippen LogP contribution is 2.25. The van der Waals surface area contributed by atoms with Crippen LogP contribution in [0.3, 0.4) is 0 Å². The third-order valence-electron chi connectivity index (χ3n) is 2.06. The minimum Gasteiger partial charge on any atom is -0.252 e. The molecule has 2 heterocycles. The second-order valence-electron chi connectivity index (χ2n) is 3.59. The van der Waals surface area contributed by atoms with Crippen molar-refractivity contribution in [3.8, 4) is 10.7 Å². The standard InChI is InChI=1S/C11H11ClN2S/c1-7(2)10-6-15-11(14-10)9-4-3-8(12)5-13-9/h3-7H,1-2H3. The molecule has 4 heteroatoms. The Morgan fingerprint density at radius 1 is 1.33 bits per heavy atom. The van der Waals surface area contributed by atoms with Crippen LogP contribution in [0, 0.1) is 0 Å². The predicted molar refractivity (Wildman–Crippen MR) is 64.4 cm³/mol. The Balaban J connectivity index is 2.33. The zero-order valence-corrected chi connectivity index (χ0v) is 10.1. The molecule has 0 unspecified atom stereocenters. The SMILES string of the molecule is CC(C)c1csc(-c2ccc(Cl)cn2)n1. The molecule has 0 radical (unpaired) electrons. The number of thiazole rings is 1. The Morgan fingerprint density at radius 2 is 2.13 bits per heavy atom. The molecule has 15 heavy (non-hydrogen) atoms. The second-order valence-corrected chi connectivity index (χ2v) is 4.89. The van der Waals surface area contributed by atoms with Gasteiger partial charge >= 0.3 is 0 Å². The average molecular weight is 239 g/mol. The van der Waals surface area contributed by atoms with Crippen LogP contribution in [0.2, 0.25) is 5.02 Å². The van der Waals surface area contributed by atoms with Crippen LogP contribution in [0.5, 0.6) is 0 Å². The highest BCUT2D eigenvalue weighted by Gasteiger charge is 2.07. The summed E-state index contributed by atoms with van der Waals surface area (Å²) in [5.74, 6) is 0.460. The first-order valence-electron chi connectivity index (χ1n) is 4.74. The van der Waals surface area contributed by atoms with Crippen LogP contribution in [0.15, 0.2) is 23.7 Å². The highest BCUT2D eigenvalue weighted by molar-refractivity contribution is 7.13. The third kappa shape index (κ3) is 2.36. The van der Waals surface area contributed by atoms with E-state index < -0.39 is 0 Å². The zero-order chi connectivity index (χ0) is 10.8. The summed E-state index contributed by atoms with van der Waals surface area (Å²) in [5, 5.41) is 3.69. The maximum atomic E-state index is 5.78. The van der Waals surface area contributed by atoms with E-state index >= 15 is 0 Å². The van der Waals surface area contributed by atoms with Crippen LogP contribution in [-0.2, 0) is 0 Å². The van der Waals surface area contributed by atoms with E-state index in [1.807, 2.05) is 12.1 Å². The van der Waals surface area contributed by atoms with E-state index in [0.29, 0.717) is 10.9 Å². The van der Waals surface area contributed by atoms with Crippen molar-refractivity contribution in [2.24, 2.45) is 0 Å². The smallest absolute Gasteiger partial charge is 0.142 e. The van der Waals surface area contributed by atoms with Gasteiger partial charge in [-0.1, -0.05) is 25.4 Å². The number of hydrogen-bond acceptors (Lipinski definition) is 3. The van der Waals surface area contributed by atoms with E-state index in [0.717, 1.165) is 16.4 Å². The molecule has 2 aromatic heterocycles. The molecule has 0 amide bonds. The molecule has 0 N–H and O–H groups in total. The summed E-state index contributed by atoms with van der Waals surface area (Å²) in [7, 11) is 0. The summed E-state index contributed by atoms with van der Waals surface area (Å²) >= 11 is 7.40. The monoisotopic (exact) mass is 238 g/mol. The number of pyridine rings is 1. The first-order chi connectivity index (χ1) is 7.16. The first-order valence-corrected chi connectivity index (χ1v) is 6.00. The summed E-state index contributed by atoms with van der Waals surface area (Å²) in [5.41, 5.74) is 2.00. The molecule has 0 aliphatic heterocycles. The van der Waals surface area contributed by atoms with Gasteiger partial charge in [0.2, 0.25) is 0 Å². The van der Waals surface area contributed by atoms with Gasteiger partial charge in [0.15, 0.2) is 0 Å². The van der Waals surface area contributed by atoms with E-state index in [2.05, 4.69) is 29.2 Å². The molecular weight excluding hydrogens is 228 g/mol. The molecule has 0 fully saturated rings. The molecule has 2 nitrogen and oxygen atoms in total. The zero-order valence-electron chi connectivity index (χ0n) is 8.57. The molecule has 2 aromatic rings. The van der Waals surface area contributed by atoms with E-state index in [-0.39, 0.29) is 0 Å². The fourth-order valence-corrected chi connectivity index (χ4v) is 2.24. The van der Waals surface area contributed by atoms with Crippen LogP contribution >= 0.6 is 22.9 Å². The Bertz CT molecular complexity index is 448. The van der Waals surface area contributed by atoms with Gasteiger partial charge in [-0.25, -0.2) is 4.98 Å². The Hall–Kier alpha value is -0.930. The number of hydrogen-bond donors (Lipinski definition) is 0. The number of halogens is 1. The van der Waals surface area contributed by atoms with E-state index in [1.54, 1.807) is 17.5 Å². The minimum atomic E-state index is 0.460. The lowest BCUT2D eigenvalue weighted by molar-refractivity contribution is 0.834. The van der Waals surface area contributed by atoms with Crippen LogP contribution < -0.4 is 0 Å². The van der Waals surface area contributed by atoms with Gasteiger partial charge in [0.25, 0.3) is 0 Å². The predicted octanol–water partition coefficient (Wildman–Crippen LogP) is 3.98. The number of nitrogens with zero attached hydrogens (tertiary/aromatic N) is 2. The molecule has 78 valence electrons. The fraction of sp³-hybridized carbons (Fsp3) is 0.273.